The van der Waals surface area contributed by atoms with Gasteiger partial charge in [-0.2, -0.15) is 4.98 Å². The van der Waals surface area contributed by atoms with Gasteiger partial charge in [-0.05, 0) is 31.4 Å². The van der Waals surface area contributed by atoms with Crippen LogP contribution in [0.1, 0.15) is 24.1 Å². The number of carbonyl (C=O) groups is 1. The summed E-state index contributed by atoms with van der Waals surface area (Å²) in [7, 11) is 1.73. The fourth-order valence-electron chi connectivity index (χ4n) is 3.54. The van der Waals surface area contributed by atoms with Gasteiger partial charge in [0.25, 0.3) is 0 Å². The van der Waals surface area contributed by atoms with Gasteiger partial charge >= 0.3 is 12.4 Å². The number of carboxylic acid groups (broad SMARTS) is 1. The van der Waals surface area contributed by atoms with Crippen molar-refractivity contribution >= 4 is 29.1 Å². The summed E-state index contributed by atoms with van der Waals surface area (Å²) in [6.07, 6.45) is -2.05. The van der Waals surface area contributed by atoms with Crippen LogP contribution in [0, 0.1) is 6.92 Å². The molecule has 0 aliphatic carbocycles. The van der Waals surface area contributed by atoms with E-state index >= 15 is 0 Å². The predicted octanol–water partition coefficient (Wildman–Crippen LogP) is 4.05. The number of aryl methyl sites for hydroxylation is 1. The summed E-state index contributed by atoms with van der Waals surface area (Å²) < 4.78 is 37.1. The van der Waals surface area contributed by atoms with E-state index < -0.39 is 12.4 Å². The molecular weight excluding hydrogens is 412 g/mol. The summed E-state index contributed by atoms with van der Waals surface area (Å²) in [4.78, 5) is 21.2. The Hall–Kier alpha value is -3.63. The second-order valence-corrected chi connectivity index (χ2v) is 7.17. The van der Waals surface area contributed by atoms with Gasteiger partial charge in [-0.25, -0.2) is 9.78 Å². The highest BCUT2D eigenvalue weighted by Crippen LogP contribution is 2.48. The van der Waals surface area contributed by atoms with Crippen molar-refractivity contribution in [1.82, 2.24) is 14.9 Å². The fourth-order valence-corrected chi connectivity index (χ4v) is 3.54. The molecule has 1 aromatic heterocycles. The number of allylic oxidation sites excluding steroid dienone is 1. The van der Waals surface area contributed by atoms with Crippen LogP contribution < -0.4 is 20.1 Å². The number of nitrogens with zero attached hydrogens (tertiary/aromatic N) is 3. The van der Waals surface area contributed by atoms with Gasteiger partial charge in [0.1, 0.15) is 5.82 Å². The minimum Gasteiger partial charge on any atom is -0.465 e. The Morgan fingerprint density at radius 2 is 2.06 bits per heavy atom. The third-order valence-corrected chi connectivity index (χ3v) is 4.92. The molecule has 1 amide bonds. The molecule has 11 heteroatoms. The lowest BCUT2D eigenvalue weighted by molar-refractivity contribution is -0.286. The molecule has 2 aliphatic rings. The topological polar surface area (TPSA) is 109 Å². The number of hydrogen-bond donors (Lipinski definition) is 3. The van der Waals surface area contributed by atoms with Crippen molar-refractivity contribution in [3.63, 3.8) is 0 Å². The van der Waals surface area contributed by atoms with E-state index in [4.69, 9.17) is 4.74 Å². The van der Waals surface area contributed by atoms with E-state index in [1.54, 1.807) is 25.3 Å². The molecule has 9 nitrogen and oxygen atoms in total. The molecule has 31 heavy (non-hydrogen) atoms. The number of nitrogens with one attached hydrogen (secondary N) is 2. The van der Waals surface area contributed by atoms with Gasteiger partial charge in [-0.3, -0.25) is 0 Å². The number of rotatable bonds is 4. The normalized spacial score (nSPS) is 17.0. The second-order valence-electron chi connectivity index (χ2n) is 7.17. The molecular formula is C20H21F2N5O4. The third kappa shape index (κ3) is 4.44. The standard InChI is InChI=1S/C20H21F2N5O4/c1-11-8-16(23-2)26-18(24-11)25-13-9-14(17-15(10-13)30-20(21,22)31-17)12-4-3-6-27(7-5-12)19(28)29/h5,8-10H,3-4,6-7H2,1-2H3,(H,28,29)(H2,23,24,25,26). The lowest BCUT2D eigenvalue weighted by Gasteiger charge is -2.14. The van der Waals surface area contributed by atoms with Gasteiger partial charge in [0.05, 0.1) is 0 Å². The zero-order valence-corrected chi connectivity index (χ0v) is 16.9. The van der Waals surface area contributed by atoms with Crippen LogP contribution in [0.15, 0.2) is 24.3 Å². The molecule has 1 aromatic carbocycles. The summed E-state index contributed by atoms with van der Waals surface area (Å²) in [6, 6.07) is 4.81. The second kappa shape index (κ2) is 7.89. The first-order valence-corrected chi connectivity index (χ1v) is 9.66. The van der Waals surface area contributed by atoms with Gasteiger partial charge in [-0.1, -0.05) is 6.08 Å². The minimum atomic E-state index is -3.78. The summed E-state index contributed by atoms with van der Waals surface area (Å²) in [5.41, 5.74) is 2.26. The van der Waals surface area contributed by atoms with Crippen LogP contribution in [0.25, 0.3) is 5.57 Å². The fraction of sp³-hybridized carbons (Fsp3) is 0.350. The van der Waals surface area contributed by atoms with Crippen LogP contribution >= 0.6 is 0 Å². The maximum atomic E-state index is 13.8. The lowest BCUT2D eigenvalue weighted by Crippen LogP contribution is -2.29. The first-order chi connectivity index (χ1) is 14.7. The molecule has 0 fully saturated rings. The number of halogens is 2. The molecule has 0 unspecified atom stereocenters. The molecule has 2 aromatic rings. The molecule has 0 bridgehead atoms. The Morgan fingerprint density at radius 1 is 1.26 bits per heavy atom. The van der Waals surface area contributed by atoms with Crippen molar-refractivity contribution in [3.05, 3.63) is 35.5 Å². The summed E-state index contributed by atoms with van der Waals surface area (Å²) >= 11 is 0. The highest BCUT2D eigenvalue weighted by molar-refractivity contribution is 5.79. The maximum absolute atomic E-state index is 13.8. The van der Waals surface area contributed by atoms with Gasteiger partial charge in [0.15, 0.2) is 11.5 Å². The zero-order chi connectivity index (χ0) is 22.2. The Balaban J connectivity index is 1.73. The zero-order valence-electron chi connectivity index (χ0n) is 16.9. The Morgan fingerprint density at radius 3 is 2.81 bits per heavy atom. The molecule has 0 radical (unpaired) electrons. The SMILES string of the molecule is CNc1cc(C)nc(Nc2cc3c(c(C4=CCN(C(=O)O)CCC4)c2)OC(F)(F)O3)n1. The van der Waals surface area contributed by atoms with E-state index in [1.807, 2.05) is 6.92 Å². The first kappa shape index (κ1) is 20.6. The average molecular weight is 433 g/mol. The maximum Gasteiger partial charge on any atom is 0.586 e. The van der Waals surface area contributed by atoms with Gasteiger partial charge in [-0.15, -0.1) is 8.78 Å². The molecule has 164 valence electrons. The summed E-state index contributed by atoms with van der Waals surface area (Å²) in [6.45, 7) is 2.32. The van der Waals surface area contributed by atoms with Crippen molar-refractivity contribution in [3.8, 4) is 11.5 Å². The van der Waals surface area contributed by atoms with Crippen molar-refractivity contribution < 1.29 is 28.2 Å². The molecule has 4 rings (SSSR count). The van der Waals surface area contributed by atoms with Crippen LogP contribution in [0.2, 0.25) is 0 Å². The largest absolute Gasteiger partial charge is 0.586 e. The number of fused-ring (bicyclic) bond motifs is 1. The van der Waals surface area contributed by atoms with Crippen molar-refractivity contribution in [2.24, 2.45) is 0 Å². The number of ether oxygens (including phenoxy) is 2. The van der Waals surface area contributed by atoms with Crippen LogP contribution in [0.3, 0.4) is 0 Å². The van der Waals surface area contributed by atoms with E-state index in [9.17, 15) is 18.7 Å². The number of hydrogen-bond acceptors (Lipinski definition) is 7. The van der Waals surface area contributed by atoms with Gasteiger partial charge < -0.3 is 30.1 Å². The van der Waals surface area contributed by atoms with Crippen LogP contribution in [0.4, 0.5) is 31.0 Å². The quantitative estimate of drug-likeness (QED) is 0.663. The van der Waals surface area contributed by atoms with E-state index in [0.717, 1.165) is 5.69 Å². The molecule has 0 saturated heterocycles. The summed E-state index contributed by atoms with van der Waals surface area (Å²) in [5.74, 6) is 0.689. The highest BCUT2D eigenvalue weighted by Gasteiger charge is 2.45. The molecule has 2 aliphatic heterocycles. The Kier molecular flexibility index (Phi) is 5.25. The molecule has 0 spiro atoms. The number of aromatic nitrogens is 2. The molecule has 0 saturated carbocycles. The molecule has 3 heterocycles. The number of benzene rings is 1. The van der Waals surface area contributed by atoms with E-state index in [-0.39, 0.29) is 24.0 Å². The Bertz CT molecular complexity index is 1060. The highest BCUT2D eigenvalue weighted by atomic mass is 19.3. The number of anilines is 3. The van der Waals surface area contributed by atoms with Crippen LogP contribution in [-0.2, 0) is 0 Å². The Labute approximate surface area is 176 Å². The van der Waals surface area contributed by atoms with E-state index in [1.165, 1.54) is 11.0 Å². The minimum absolute atomic E-state index is 0.0772. The predicted molar refractivity (Wildman–Crippen MR) is 109 cm³/mol. The van der Waals surface area contributed by atoms with Crippen molar-refractivity contribution in [1.29, 1.82) is 0 Å². The van der Waals surface area contributed by atoms with Crippen molar-refractivity contribution in [2.45, 2.75) is 26.1 Å². The van der Waals surface area contributed by atoms with Crippen LogP contribution in [-0.4, -0.2) is 52.5 Å². The van der Waals surface area contributed by atoms with Crippen molar-refractivity contribution in [2.75, 3.05) is 30.8 Å². The smallest absolute Gasteiger partial charge is 0.465 e. The first-order valence-electron chi connectivity index (χ1n) is 9.66. The lowest BCUT2D eigenvalue weighted by atomic mass is 9.99. The molecule has 0 atom stereocenters. The van der Waals surface area contributed by atoms with Gasteiger partial charge in [0, 0.05) is 49.2 Å². The third-order valence-electron chi connectivity index (χ3n) is 4.92. The molecule has 3 N–H and O–H groups in total. The monoisotopic (exact) mass is 433 g/mol. The van der Waals surface area contributed by atoms with Crippen LogP contribution in [0.5, 0.6) is 11.5 Å². The van der Waals surface area contributed by atoms with E-state index in [0.29, 0.717) is 42.0 Å². The summed E-state index contributed by atoms with van der Waals surface area (Å²) in [5, 5.41) is 15.2. The van der Waals surface area contributed by atoms with E-state index in [2.05, 4.69) is 25.3 Å². The average Bonchev–Trinajstić information content (AvgIpc) is 2.86. The number of alkyl halides is 2. The van der Waals surface area contributed by atoms with Gasteiger partial charge in [0.2, 0.25) is 5.95 Å². The number of amides is 1.